The van der Waals surface area contributed by atoms with Gasteiger partial charge in [0.1, 0.15) is 0 Å². The number of nitrogens with zero attached hydrogens (tertiary/aromatic N) is 3. The Balaban J connectivity index is 1.42. The first-order valence-electron chi connectivity index (χ1n) is 12.0. The summed E-state index contributed by atoms with van der Waals surface area (Å²) in [5.41, 5.74) is 3.35. The Bertz CT molecular complexity index is 1090. The number of carbonyl (C=O) groups excluding carboxylic acids is 1. The summed E-state index contributed by atoms with van der Waals surface area (Å²) >= 11 is 0. The van der Waals surface area contributed by atoms with E-state index in [0.29, 0.717) is 18.8 Å². The molecule has 184 valence electrons. The highest BCUT2D eigenvalue weighted by molar-refractivity contribution is 7.89. The molecule has 2 aromatic rings. The maximum atomic E-state index is 13.1. The Labute approximate surface area is 203 Å². The predicted molar refractivity (Wildman–Crippen MR) is 138 cm³/mol. The quantitative estimate of drug-likeness (QED) is 0.595. The third kappa shape index (κ3) is 5.64. The van der Waals surface area contributed by atoms with Crippen molar-refractivity contribution in [2.75, 3.05) is 67.3 Å². The zero-order chi connectivity index (χ0) is 24.1. The van der Waals surface area contributed by atoms with Crippen LogP contribution < -0.4 is 20.4 Å². The van der Waals surface area contributed by atoms with E-state index in [0.717, 1.165) is 43.7 Å². The Morgan fingerprint density at radius 1 is 0.912 bits per heavy atom. The SMILES string of the molecule is CN(C)c1ccc(S(=O)(=O)N2CCCCC2)cc1NCC(=O)Nc1ccc(N2CCCC2)cc1. The van der Waals surface area contributed by atoms with Crippen LogP contribution >= 0.6 is 0 Å². The van der Waals surface area contributed by atoms with Gasteiger partial charge in [-0.2, -0.15) is 4.31 Å². The maximum Gasteiger partial charge on any atom is 0.243 e. The van der Waals surface area contributed by atoms with Crippen molar-refractivity contribution >= 4 is 38.7 Å². The monoisotopic (exact) mass is 485 g/mol. The summed E-state index contributed by atoms with van der Waals surface area (Å²) in [5.74, 6) is -0.192. The molecule has 34 heavy (non-hydrogen) atoms. The van der Waals surface area contributed by atoms with Gasteiger partial charge in [-0.25, -0.2) is 8.42 Å². The van der Waals surface area contributed by atoms with Crippen LogP contribution in [0.4, 0.5) is 22.7 Å². The number of hydrogen-bond donors (Lipinski definition) is 2. The van der Waals surface area contributed by atoms with E-state index in [-0.39, 0.29) is 17.3 Å². The number of carbonyl (C=O) groups is 1. The van der Waals surface area contributed by atoms with Gasteiger partial charge in [0.25, 0.3) is 0 Å². The maximum absolute atomic E-state index is 13.1. The smallest absolute Gasteiger partial charge is 0.243 e. The molecule has 4 rings (SSSR count). The van der Waals surface area contributed by atoms with Crippen molar-refractivity contribution in [3.8, 4) is 0 Å². The first-order chi connectivity index (χ1) is 16.3. The number of rotatable bonds is 8. The summed E-state index contributed by atoms with van der Waals surface area (Å²) in [4.78, 5) is 17.1. The second-order valence-corrected chi connectivity index (χ2v) is 11.1. The zero-order valence-electron chi connectivity index (χ0n) is 20.1. The van der Waals surface area contributed by atoms with Crippen LogP contribution in [0.3, 0.4) is 0 Å². The molecule has 9 heteroatoms. The molecule has 0 saturated carbocycles. The molecule has 2 fully saturated rings. The Morgan fingerprint density at radius 3 is 2.21 bits per heavy atom. The summed E-state index contributed by atoms with van der Waals surface area (Å²) in [6, 6.07) is 13.0. The minimum atomic E-state index is -3.56. The molecule has 2 heterocycles. The highest BCUT2D eigenvalue weighted by Crippen LogP contribution is 2.30. The molecule has 0 aliphatic carbocycles. The van der Waals surface area contributed by atoms with E-state index in [2.05, 4.69) is 15.5 Å². The molecule has 2 saturated heterocycles. The third-order valence-electron chi connectivity index (χ3n) is 6.46. The average molecular weight is 486 g/mol. The molecule has 1 amide bonds. The molecular weight excluding hydrogens is 450 g/mol. The molecule has 0 atom stereocenters. The fraction of sp³-hybridized carbons (Fsp3) is 0.480. The molecule has 2 aliphatic rings. The summed E-state index contributed by atoms with van der Waals surface area (Å²) in [6.45, 7) is 3.30. The number of hydrogen-bond acceptors (Lipinski definition) is 6. The van der Waals surface area contributed by atoms with Crippen molar-refractivity contribution in [2.45, 2.75) is 37.0 Å². The van der Waals surface area contributed by atoms with Crippen LogP contribution in [-0.4, -0.2) is 65.4 Å². The Hall–Kier alpha value is -2.78. The van der Waals surface area contributed by atoms with Gasteiger partial charge in [-0.15, -0.1) is 0 Å². The van der Waals surface area contributed by atoms with Crippen molar-refractivity contribution in [1.29, 1.82) is 0 Å². The van der Waals surface area contributed by atoms with E-state index in [1.54, 1.807) is 22.5 Å². The fourth-order valence-corrected chi connectivity index (χ4v) is 6.12. The van der Waals surface area contributed by atoms with Crippen LogP contribution in [0.25, 0.3) is 0 Å². The summed E-state index contributed by atoms with van der Waals surface area (Å²) in [7, 11) is 0.225. The minimum absolute atomic E-state index is 0.0297. The van der Waals surface area contributed by atoms with Crippen LogP contribution in [0.1, 0.15) is 32.1 Å². The predicted octanol–water partition coefficient (Wildman–Crippen LogP) is 3.58. The third-order valence-corrected chi connectivity index (χ3v) is 8.36. The molecule has 2 aromatic carbocycles. The second-order valence-electron chi connectivity index (χ2n) is 9.18. The first-order valence-corrected chi connectivity index (χ1v) is 13.5. The lowest BCUT2D eigenvalue weighted by Crippen LogP contribution is -2.35. The van der Waals surface area contributed by atoms with Gasteiger partial charge in [0.2, 0.25) is 15.9 Å². The number of sulfonamides is 1. The highest BCUT2D eigenvalue weighted by atomic mass is 32.2. The molecule has 8 nitrogen and oxygen atoms in total. The minimum Gasteiger partial charge on any atom is -0.376 e. The van der Waals surface area contributed by atoms with Crippen LogP contribution in [0.2, 0.25) is 0 Å². The van der Waals surface area contributed by atoms with Gasteiger partial charge in [0, 0.05) is 51.6 Å². The van der Waals surface area contributed by atoms with Gasteiger partial charge >= 0.3 is 0 Å². The zero-order valence-corrected chi connectivity index (χ0v) is 20.9. The van der Waals surface area contributed by atoms with E-state index in [9.17, 15) is 13.2 Å². The molecule has 0 spiro atoms. The van der Waals surface area contributed by atoms with E-state index in [1.807, 2.05) is 43.3 Å². The van der Waals surface area contributed by atoms with Gasteiger partial charge in [0.05, 0.1) is 22.8 Å². The van der Waals surface area contributed by atoms with Crippen LogP contribution in [0, 0.1) is 0 Å². The second kappa shape index (κ2) is 10.7. The molecule has 2 aliphatic heterocycles. The largest absolute Gasteiger partial charge is 0.376 e. The van der Waals surface area contributed by atoms with E-state index in [1.165, 1.54) is 18.5 Å². The van der Waals surface area contributed by atoms with Gasteiger partial charge in [-0.05, 0) is 68.1 Å². The topological polar surface area (TPSA) is 85.0 Å². The molecular formula is C25H35N5O3S. The van der Waals surface area contributed by atoms with E-state index < -0.39 is 10.0 Å². The van der Waals surface area contributed by atoms with Crippen molar-refractivity contribution < 1.29 is 13.2 Å². The van der Waals surface area contributed by atoms with Gasteiger partial charge in [-0.1, -0.05) is 6.42 Å². The van der Waals surface area contributed by atoms with Gasteiger partial charge < -0.3 is 20.4 Å². The Kier molecular flexibility index (Phi) is 7.63. The number of piperidine rings is 1. The highest BCUT2D eigenvalue weighted by Gasteiger charge is 2.26. The first kappa shape index (κ1) is 24.3. The number of anilines is 4. The molecule has 0 unspecified atom stereocenters. The van der Waals surface area contributed by atoms with E-state index in [4.69, 9.17) is 0 Å². The van der Waals surface area contributed by atoms with Crippen molar-refractivity contribution in [3.05, 3.63) is 42.5 Å². The van der Waals surface area contributed by atoms with Crippen molar-refractivity contribution in [1.82, 2.24) is 4.31 Å². The fourth-order valence-electron chi connectivity index (χ4n) is 4.57. The lowest BCUT2D eigenvalue weighted by atomic mass is 10.2. The van der Waals surface area contributed by atoms with Crippen molar-refractivity contribution in [3.63, 3.8) is 0 Å². The lowest BCUT2D eigenvalue weighted by molar-refractivity contribution is -0.114. The van der Waals surface area contributed by atoms with Crippen LogP contribution in [0.5, 0.6) is 0 Å². The van der Waals surface area contributed by atoms with Crippen LogP contribution in [-0.2, 0) is 14.8 Å². The summed E-state index contributed by atoms with van der Waals surface area (Å²) < 4.78 is 27.8. The molecule has 0 aromatic heterocycles. The van der Waals surface area contributed by atoms with Crippen molar-refractivity contribution in [2.24, 2.45) is 0 Å². The Morgan fingerprint density at radius 2 is 1.56 bits per heavy atom. The van der Waals surface area contributed by atoms with E-state index >= 15 is 0 Å². The molecule has 0 radical (unpaired) electrons. The average Bonchev–Trinajstić information content (AvgIpc) is 3.38. The normalized spacial score (nSPS) is 16.9. The van der Waals surface area contributed by atoms with Crippen LogP contribution in [0.15, 0.2) is 47.4 Å². The molecule has 0 bridgehead atoms. The number of benzene rings is 2. The number of nitrogens with one attached hydrogen (secondary N) is 2. The van der Waals surface area contributed by atoms with Gasteiger partial charge in [0.15, 0.2) is 0 Å². The number of amides is 1. The molecule has 2 N–H and O–H groups in total. The lowest BCUT2D eigenvalue weighted by Gasteiger charge is -2.27. The summed E-state index contributed by atoms with van der Waals surface area (Å²) in [5, 5.41) is 6.06. The standard InChI is InChI=1S/C25H35N5O3S/c1-28(2)24-13-12-22(34(32,33)30-16-4-3-5-17-30)18-23(24)26-19-25(31)27-20-8-10-21(11-9-20)29-14-6-7-15-29/h8-13,18,26H,3-7,14-17,19H2,1-2H3,(H,27,31). The van der Waals surface area contributed by atoms with Gasteiger partial charge in [-0.3, -0.25) is 4.79 Å². The summed E-state index contributed by atoms with van der Waals surface area (Å²) in [6.07, 6.45) is 5.28.